The van der Waals surface area contributed by atoms with Crippen LogP contribution in [-0.2, 0) is 10.3 Å². The molecule has 2 aliphatic rings. The van der Waals surface area contributed by atoms with Crippen molar-refractivity contribution in [1.29, 1.82) is 0 Å². The van der Waals surface area contributed by atoms with E-state index in [4.69, 9.17) is 4.74 Å². The number of ether oxygens (including phenoxy) is 1. The van der Waals surface area contributed by atoms with E-state index in [0.717, 1.165) is 37.3 Å². The third-order valence-electron chi connectivity index (χ3n) is 3.67. The average molecular weight is 373 g/mol. The zero-order valence-corrected chi connectivity index (χ0v) is 12.6. The van der Waals surface area contributed by atoms with Crippen LogP contribution in [0.15, 0.2) is 18.3 Å². The average Bonchev–Trinajstić information content (AvgIpc) is 2.31. The number of nitrogens with zero attached hydrogens (tertiary/aromatic N) is 1. The summed E-state index contributed by atoms with van der Waals surface area (Å²) in [5, 5.41) is 13.4. The van der Waals surface area contributed by atoms with Crippen molar-refractivity contribution in [3.05, 3.63) is 29.6 Å². The minimum Gasteiger partial charge on any atom is -0.385 e. The maximum Gasteiger partial charge on any atom is 0.114 e. The highest BCUT2D eigenvalue weighted by Gasteiger charge is 2.58. The van der Waals surface area contributed by atoms with Crippen molar-refractivity contribution >= 4 is 30.1 Å². The Hall–Kier alpha value is -0.290. The molecule has 1 saturated carbocycles. The molecule has 1 spiro atoms. The minimum atomic E-state index is -0.708. The lowest BCUT2D eigenvalue weighted by Gasteiger charge is -2.57. The van der Waals surface area contributed by atoms with Crippen LogP contribution in [-0.4, -0.2) is 23.3 Å². The van der Waals surface area contributed by atoms with Gasteiger partial charge in [0.25, 0.3) is 0 Å². The van der Waals surface area contributed by atoms with E-state index in [2.05, 4.69) is 37.4 Å². The number of hydrogen-bond donors (Lipinski definition) is 1. The molecule has 0 radical (unpaired) electrons. The predicted octanol–water partition coefficient (Wildman–Crippen LogP) is 2.47. The highest BCUT2D eigenvalue weighted by Crippen LogP contribution is 2.57. The number of hydrogen-bond acceptors (Lipinski definition) is 4. The van der Waals surface area contributed by atoms with Crippen LogP contribution in [0, 0.1) is 16.6 Å². The van der Waals surface area contributed by atoms with E-state index in [1.807, 2.05) is 12.1 Å². The van der Waals surface area contributed by atoms with Gasteiger partial charge in [0, 0.05) is 38.4 Å². The number of aromatic nitrogens is 1. The first-order valence-electron chi connectivity index (χ1n) is 5.71. The van der Waals surface area contributed by atoms with Crippen LogP contribution in [0.3, 0.4) is 0 Å². The molecule has 3 nitrogen and oxygen atoms in total. The summed E-state index contributed by atoms with van der Waals surface area (Å²) >= 11 is 2.13. The van der Waals surface area contributed by atoms with Gasteiger partial charge >= 0.3 is 0 Å². The van der Waals surface area contributed by atoms with Gasteiger partial charge in [-0.15, -0.1) is 0 Å². The van der Waals surface area contributed by atoms with Crippen LogP contribution in [0.5, 0.6) is 0 Å². The fourth-order valence-electron chi connectivity index (χ4n) is 2.80. The Bertz CT molecular complexity index is 508. The summed E-state index contributed by atoms with van der Waals surface area (Å²) in [5.41, 5.74) is 1.17. The lowest BCUT2D eigenvalue weighted by molar-refractivity contribution is -0.244. The van der Waals surface area contributed by atoms with Crippen LogP contribution in [0.4, 0.5) is 0 Å². The zero-order valence-electron chi connectivity index (χ0n) is 9.65. The van der Waals surface area contributed by atoms with E-state index >= 15 is 0 Å². The topological polar surface area (TPSA) is 42.4 Å². The van der Waals surface area contributed by atoms with Crippen molar-refractivity contribution < 1.29 is 9.84 Å². The van der Waals surface area contributed by atoms with Gasteiger partial charge in [-0.3, -0.25) is 0 Å². The number of halogens is 1. The lowest BCUT2D eigenvalue weighted by atomic mass is 9.56. The fourth-order valence-corrected chi connectivity index (χ4v) is 3.28. The van der Waals surface area contributed by atoms with E-state index in [1.54, 1.807) is 6.20 Å². The van der Waals surface area contributed by atoms with Crippen molar-refractivity contribution in [3.63, 3.8) is 0 Å². The van der Waals surface area contributed by atoms with Crippen molar-refractivity contribution in [2.45, 2.75) is 18.4 Å². The largest absolute Gasteiger partial charge is 0.385 e. The molecule has 1 aliphatic heterocycles. The summed E-state index contributed by atoms with van der Waals surface area (Å²) in [6, 6.07) is 3.80. The van der Waals surface area contributed by atoms with Gasteiger partial charge in [-0.1, -0.05) is 6.07 Å². The maximum absolute atomic E-state index is 10.5. The van der Waals surface area contributed by atoms with E-state index in [-0.39, 0.29) is 5.41 Å². The maximum atomic E-state index is 10.5. The smallest absolute Gasteiger partial charge is 0.114 e. The zero-order chi connectivity index (χ0) is 12.6. The summed E-state index contributed by atoms with van der Waals surface area (Å²) in [6.45, 7) is 1.58. The molecular formula is C13H12INO2S. The first-order chi connectivity index (χ1) is 8.66. The van der Waals surface area contributed by atoms with Crippen LogP contribution in [0.1, 0.15) is 24.1 Å². The standard InChI is InChI=1S/C13H12INO2S/c14-18-4-3-11-2-1-10(5-15-11)13(16)6-12(7-13)8-17-9-12/h1-2,5,16H,6-9H2. The molecule has 94 valence electrons. The van der Waals surface area contributed by atoms with E-state index < -0.39 is 5.60 Å². The Morgan fingerprint density at radius 1 is 1.39 bits per heavy atom. The minimum absolute atomic E-state index is 0.241. The molecule has 1 saturated heterocycles. The molecule has 0 bridgehead atoms. The van der Waals surface area contributed by atoms with Crippen LogP contribution >= 0.6 is 30.1 Å². The first-order valence-corrected chi connectivity index (χ1v) is 9.07. The van der Waals surface area contributed by atoms with Crippen LogP contribution in [0.2, 0.25) is 0 Å². The number of rotatable bonds is 1. The van der Waals surface area contributed by atoms with Gasteiger partial charge in [0.1, 0.15) is 5.69 Å². The SMILES string of the molecule is OC1(c2ccc(C#CSI)nc2)CC2(COC2)C1. The summed E-state index contributed by atoms with van der Waals surface area (Å²) < 4.78 is 5.22. The molecule has 1 N–H and O–H groups in total. The molecule has 0 atom stereocenters. The Balaban J connectivity index is 1.73. The van der Waals surface area contributed by atoms with Gasteiger partial charge in [-0.2, -0.15) is 0 Å². The van der Waals surface area contributed by atoms with Crippen molar-refractivity contribution in [3.8, 4) is 11.2 Å². The third kappa shape index (κ3) is 2.16. The second kappa shape index (κ2) is 4.67. The quantitative estimate of drug-likeness (QED) is 0.607. The van der Waals surface area contributed by atoms with Crippen molar-refractivity contribution in [1.82, 2.24) is 4.98 Å². The molecule has 1 aliphatic carbocycles. The van der Waals surface area contributed by atoms with E-state index in [0.29, 0.717) is 0 Å². The van der Waals surface area contributed by atoms with Crippen LogP contribution < -0.4 is 0 Å². The Labute approximate surface area is 122 Å². The molecule has 5 heteroatoms. The van der Waals surface area contributed by atoms with Gasteiger partial charge in [-0.05, 0) is 39.0 Å². The Morgan fingerprint density at radius 2 is 2.17 bits per heavy atom. The molecule has 0 amide bonds. The molecular weight excluding hydrogens is 361 g/mol. The van der Waals surface area contributed by atoms with Crippen LogP contribution in [0.25, 0.3) is 0 Å². The fraction of sp³-hybridized carbons (Fsp3) is 0.462. The molecule has 18 heavy (non-hydrogen) atoms. The predicted molar refractivity (Wildman–Crippen MR) is 79.1 cm³/mol. The van der Waals surface area contributed by atoms with Gasteiger partial charge in [-0.25, -0.2) is 4.98 Å². The summed E-state index contributed by atoms with van der Waals surface area (Å²) in [4.78, 5) is 4.27. The van der Waals surface area contributed by atoms with E-state index in [9.17, 15) is 5.11 Å². The summed E-state index contributed by atoms with van der Waals surface area (Å²) in [5.74, 6) is 2.94. The highest BCUT2D eigenvalue weighted by atomic mass is 127. The molecule has 2 fully saturated rings. The monoisotopic (exact) mass is 373 g/mol. The lowest BCUT2D eigenvalue weighted by Crippen LogP contribution is -2.59. The molecule has 0 unspecified atom stereocenters. The van der Waals surface area contributed by atoms with Gasteiger partial charge in [0.15, 0.2) is 0 Å². The Kier molecular flexibility index (Phi) is 3.30. The normalized spacial score (nSPS) is 22.6. The number of aliphatic hydroxyl groups is 1. The highest BCUT2D eigenvalue weighted by molar-refractivity contribution is 14.2. The summed E-state index contributed by atoms with van der Waals surface area (Å²) in [6.07, 6.45) is 3.32. The summed E-state index contributed by atoms with van der Waals surface area (Å²) in [7, 11) is 1.44. The molecule has 1 aromatic heterocycles. The second-order valence-corrected chi connectivity index (χ2v) is 6.79. The molecule has 1 aromatic rings. The van der Waals surface area contributed by atoms with Gasteiger partial charge < -0.3 is 9.84 Å². The van der Waals surface area contributed by atoms with Crippen molar-refractivity contribution in [2.75, 3.05) is 13.2 Å². The first kappa shape index (κ1) is 12.7. The Morgan fingerprint density at radius 3 is 2.67 bits per heavy atom. The number of pyridine rings is 1. The molecule has 0 aromatic carbocycles. The van der Waals surface area contributed by atoms with Gasteiger partial charge in [0.05, 0.1) is 18.8 Å². The molecule has 2 heterocycles. The van der Waals surface area contributed by atoms with Crippen molar-refractivity contribution in [2.24, 2.45) is 5.41 Å². The van der Waals surface area contributed by atoms with E-state index in [1.165, 1.54) is 8.93 Å². The second-order valence-electron chi connectivity index (χ2n) is 5.11. The molecule has 3 rings (SSSR count). The van der Waals surface area contributed by atoms with Gasteiger partial charge in [0.2, 0.25) is 0 Å². The third-order valence-corrected chi connectivity index (χ3v) is 4.51.